The van der Waals surface area contributed by atoms with Crippen molar-refractivity contribution >= 4 is 12.0 Å². The number of amides is 2. The maximum absolute atomic E-state index is 12.1. The Labute approximate surface area is 119 Å². The molecular weight excluding hydrogens is 260 g/mol. The lowest BCUT2D eigenvalue weighted by atomic mass is 9.86. The quantitative estimate of drug-likeness (QED) is 0.719. The molecule has 20 heavy (non-hydrogen) atoms. The number of likely N-dealkylation sites (tertiary alicyclic amines) is 1. The highest BCUT2D eigenvalue weighted by Crippen LogP contribution is 2.25. The summed E-state index contributed by atoms with van der Waals surface area (Å²) < 4.78 is 0. The van der Waals surface area contributed by atoms with Gasteiger partial charge in [-0.3, -0.25) is 4.79 Å². The SMILES string of the molecule is O=C(O)C1CCC(NC(=O)N2CCC(CCO)C2)CC1. The highest BCUT2D eigenvalue weighted by molar-refractivity contribution is 5.75. The van der Waals surface area contributed by atoms with Crippen molar-refractivity contribution in [2.45, 2.75) is 44.6 Å². The van der Waals surface area contributed by atoms with E-state index in [2.05, 4.69) is 5.32 Å². The summed E-state index contributed by atoms with van der Waals surface area (Å²) >= 11 is 0. The lowest BCUT2D eigenvalue weighted by Gasteiger charge is -2.28. The zero-order chi connectivity index (χ0) is 14.5. The maximum atomic E-state index is 12.1. The Morgan fingerprint density at radius 2 is 1.85 bits per heavy atom. The molecular formula is C14H24N2O4. The summed E-state index contributed by atoms with van der Waals surface area (Å²) in [5.74, 6) is -0.557. The molecule has 0 aromatic rings. The number of nitrogens with zero attached hydrogens (tertiary/aromatic N) is 1. The van der Waals surface area contributed by atoms with Crippen LogP contribution in [0.5, 0.6) is 0 Å². The van der Waals surface area contributed by atoms with E-state index in [1.54, 1.807) is 0 Å². The van der Waals surface area contributed by atoms with Crippen LogP contribution >= 0.6 is 0 Å². The van der Waals surface area contributed by atoms with Crippen molar-refractivity contribution < 1.29 is 19.8 Å². The van der Waals surface area contributed by atoms with E-state index >= 15 is 0 Å². The smallest absolute Gasteiger partial charge is 0.317 e. The van der Waals surface area contributed by atoms with Crippen LogP contribution < -0.4 is 5.32 Å². The van der Waals surface area contributed by atoms with E-state index in [0.717, 1.165) is 38.8 Å². The van der Waals surface area contributed by atoms with Crippen molar-refractivity contribution in [3.63, 3.8) is 0 Å². The first-order valence-electron chi connectivity index (χ1n) is 7.49. The number of rotatable bonds is 4. The molecule has 0 radical (unpaired) electrons. The molecule has 1 aliphatic heterocycles. The standard InChI is InChI=1S/C14H24N2O4/c17-8-6-10-5-7-16(9-10)14(20)15-12-3-1-11(2-4-12)13(18)19/h10-12,17H,1-9H2,(H,15,20)(H,18,19). The van der Waals surface area contributed by atoms with Gasteiger partial charge in [-0.25, -0.2) is 4.79 Å². The van der Waals surface area contributed by atoms with Gasteiger partial charge in [-0.15, -0.1) is 0 Å². The second-order valence-corrected chi connectivity index (χ2v) is 5.95. The molecule has 6 nitrogen and oxygen atoms in total. The third-order valence-corrected chi connectivity index (χ3v) is 4.51. The highest BCUT2D eigenvalue weighted by Gasteiger charge is 2.30. The fraction of sp³-hybridized carbons (Fsp3) is 0.857. The lowest BCUT2D eigenvalue weighted by Crippen LogP contribution is -2.45. The summed E-state index contributed by atoms with van der Waals surface area (Å²) in [6.45, 7) is 1.65. The largest absolute Gasteiger partial charge is 0.481 e. The van der Waals surface area contributed by atoms with Crippen LogP contribution in [0.4, 0.5) is 4.79 Å². The van der Waals surface area contributed by atoms with Gasteiger partial charge in [0, 0.05) is 25.7 Å². The van der Waals surface area contributed by atoms with Crippen LogP contribution in [0.15, 0.2) is 0 Å². The van der Waals surface area contributed by atoms with Crippen LogP contribution in [-0.4, -0.2) is 52.9 Å². The third kappa shape index (κ3) is 3.85. The van der Waals surface area contributed by atoms with E-state index in [1.807, 2.05) is 4.90 Å². The van der Waals surface area contributed by atoms with E-state index in [1.165, 1.54) is 0 Å². The fourth-order valence-corrected chi connectivity index (χ4v) is 3.19. The van der Waals surface area contributed by atoms with Crippen LogP contribution in [0, 0.1) is 11.8 Å². The van der Waals surface area contributed by atoms with E-state index in [0.29, 0.717) is 18.8 Å². The zero-order valence-electron chi connectivity index (χ0n) is 11.8. The van der Waals surface area contributed by atoms with Crippen molar-refractivity contribution in [2.75, 3.05) is 19.7 Å². The normalized spacial score (nSPS) is 30.2. The number of urea groups is 1. The third-order valence-electron chi connectivity index (χ3n) is 4.51. The Morgan fingerprint density at radius 3 is 2.45 bits per heavy atom. The van der Waals surface area contributed by atoms with Gasteiger partial charge < -0.3 is 20.4 Å². The Hall–Kier alpha value is -1.30. The Balaban J connectivity index is 1.72. The molecule has 1 heterocycles. The fourth-order valence-electron chi connectivity index (χ4n) is 3.19. The number of carboxylic acid groups (broad SMARTS) is 1. The van der Waals surface area contributed by atoms with Crippen LogP contribution in [0.2, 0.25) is 0 Å². The molecule has 0 aromatic heterocycles. The average Bonchev–Trinajstić information content (AvgIpc) is 2.88. The Bertz CT molecular complexity index is 353. The van der Waals surface area contributed by atoms with E-state index in [4.69, 9.17) is 10.2 Å². The predicted molar refractivity (Wildman–Crippen MR) is 73.3 cm³/mol. The van der Waals surface area contributed by atoms with Crippen LogP contribution in [0.3, 0.4) is 0 Å². The van der Waals surface area contributed by atoms with Gasteiger partial charge in [0.2, 0.25) is 0 Å². The molecule has 0 bridgehead atoms. The van der Waals surface area contributed by atoms with Crippen molar-refractivity contribution in [2.24, 2.45) is 11.8 Å². The molecule has 6 heteroatoms. The minimum absolute atomic E-state index is 0.0378. The number of hydrogen-bond donors (Lipinski definition) is 3. The van der Waals surface area contributed by atoms with Crippen molar-refractivity contribution in [3.8, 4) is 0 Å². The number of aliphatic hydroxyl groups is 1. The van der Waals surface area contributed by atoms with Gasteiger partial charge in [0.25, 0.3) is 0 Å². The highest BCUT2D eigenvalue weighted by atomic mass is 16.4. The number of carbonyl (C=O) groups excluding carboxylic acids is 1. The van der Waals surface area contributed by atoms with Crippen LogP contribution in [0.1, 0.15) is 38.5 Å². The van der Waals surface area contributed by atoms with Gasteiger partial charge >= 0.3 is 12.0 Å². The number of nitrogens with one attached hydrogen (secondary N) is 1. The first kappa shape index (κ1) is 15.1. The molecule has 114 valence electrons. The summed E-state index contributed by atoms with van der Waals surface area (Å²) in [6.07, 6.45) is 4.50. The second-order valence-electron chi connectivity index (χ2n) is 5.95. The molecule has 1 aliphatic carbocycles. The summed E-state index contributed by atoms with van der Waals surface area (Å²) in [7, 11) is 0. The topological polar surface area (TPSA) is 89.9 Å². The minimum atomic E-state index is -0.721. The van der Waals surface area contributed by atoms with Gasteiger partial charge in [0.05, 0.1) is 5.92 Å². The average molecular weight is 284 g/mol. The molecule has 1 unspecified atom stereocenters. The van der Waals surface area contributed by atoms with Gasteiger partial charge in [0.15, 0.2) is 0 Å². The number of aliphatic hydroxyl groups excluding tert-OH is 1. The molecule has 1 atom stereocenters. The monoisotopic (exact) mass is 284 g/mol. The van der Waals surface area contributed by atoms with Crippen LogP contribution in [0.25, 0.3) is 0 Å². The molecule has 3 N–H and O–H groups in total. The molecule has 2 rings (SSSR count). The van der Waals surface area contributed by atoms with E-state index in [9.17, 15) is 9.59 Å². The molecule has 2 amide bonds. The van der Waals surface area contributed by atoms with Crippen molar-refractivity contribution in [1.29, 1.82) is 0 Å². The summed E-state index contributed by atoms with van der Waals surface area (Å²) in [5.41, 5.74) is 0. The molecule has 1 saturated heterocycles. The first-order chi connectivity index (χ1) is 9.60. The lowest BCUT2D eigenvalue weighted by molar-refractivity contribution is -0.142. The van der Waals surface area contributed by atoms with E-state index in [-0.39, 0.29) is 24.6 Å². The van der Waals surface area contributed by atoms with Gasteiger partial charge in [-0.1, -0.05) is 0 Å². The minimum Gasteiger partial charge on any atom is -0.481 e. The Kier molecular flexibility index (Phi) is 5.23. The van der Waals surface area contributed by atoms with Crippen LogP contribution in [-0.2, 0) is 4.79 Å². The molecule has 2 fully saturated rings. The number of hydrogen-bond acceptors (Lipinski definition) is 3. The number of aliphatic carboxylic acids is 1. The number of carbonyl (C=O) groups is 2. The van der Waals surface area contributed by atoms with Crippen molar-refractivity contribution in [3.05, 3.63) is 0 Å². The summed E-state index contributed by atoms with van der Waals surface area (Å²) in [4.78, 5) is 24.8. The molecule has 1 saturated carbocycles. The summed E-state index contributed by atoms with van der Waals surface area (Å²) in [6, 6.07) is 0.0687. The Morgan fingerprint density at radius 1 is 1.15 bits per heavy atom. The predicted octanol–water partition coefficient (Wildman–Crippen LogP) is 1.04. The van der Waals surface area contributed by atoms with Gasteiger partial charge in [-0.2, -0.15) is 0 Å². The van der Waals surface area contributed by atoms with Gasteiger partial charge in [-0.05, 0) is 44.4 Å². The van der Waals surface area contributed by atoms with Gasteiger partial charge in [0.1, 0.15) is 0 Å². The van der Waals surface area contributed by atoms with E-state index < -0.39 is 5.97 Å². The second kappa shape index (κ2) is 6.92. The van der Waals surface area contributed by atoms with Crippen molar-refractivity contribution in [1.82, 2.24) is 10.2 Å². The number of carboxylic acids is 1. The summed E-state index contributed by atoms with van der Waals surface area (Å²) in [5, 5.41) is 20.9. The molecule has 0 aromatic carbocycles. The molecule has 0 spiro atoms. The first-order valence-corrected chi connectivity index (χ1v) is 7.49. The zero-order valence-corrected chi connectivity index (χ0v) is 11.8. The molecule has 2 aliphatic rings. The maximum Gasteiger partial charge on any atom is 0.317 e.